The molecule has 0 aromatic heterocycles. The zero-order valence-corrected chi connectivity index (χ0v) is 12.9. The van der Waals surface area contributed by atoms with Crippen LogP contribution in [0.25, 0.3) is 0 Å². The molecule has 2 fully saturated rings. The molecule has 3 heterocycles. The maximum Gasteiger partial charge on any atom is 0.328 e. The molecule has 4 rings (SSSR count). The molecular weight excluding hydrogens is 296 g/mol. The van der Waals surface area contributed by atoms with Crippen LogP contribution in [0.2, 0.25) is 0 Å². The smallest absolute Gasteiger partial charge is 0.328 e. The minimum Gasteiger partial charge on any atom is -0.491 e. The second-order valence-electron chi connectivity index (χ2n) is 6.10. The van der Waals surface area contributed by atoms with Gasteiger partial charge in [0.05, 0.1) is 12.3 Å². The van der Waals surface area contributed by atoms with Gasteiger partial charge in [0.1, 0.15) is 5.75 Å². The van der Waals surface area contributed by atoms with Crippen LogP contribution >= 0.6 is 0 Å². The van der Waals surface area contributed by atoms with Crippen molar-refractivity contribution in [2.45, 2.75) is 18.9 Å². The number of urea groups is 1. The predicted octanol–water partition coefficient (Wildman–Crippen LogP) is 0.694. The summed E-state index contributed by atoms with van der Waals surface area (Å²) in [4.78, 5) is 27.3. The Morgan fingerprint density at radius 1 is 1.22 bits per heavy atom. The van der Waals surface area contributed by atoms with E-state index in [0.717, 1.165) is 43.2 Å². The van der Waals surface area contributed by atoms with Crippen molar-refractivity contribution in [1.82, 2.24) is 10.6 Å². The molecule has 0 bridgehead atoms. The Hall–Kier alpha value is -2.28. The van der Waals surface area contributed by atoms with Crippen LogP contribution in [0.5, 0.6) is 5.75 Å². The highest BCUT2D eigenvalue weighted by atomic mass is 16.5. The Morgan fingerprint density at radius 2 is 2.13 bits per heavy atom. The molecule has 7 nitrogen and oxygen atoms in total. The lowest BCUT2D eigenvalue weighted by molar-refractivity contribution is -0.120. The number of fused-ring (bicyclic) bond motifs is 3. The van der Waals surface area contributed by atoms with Gasteiger partial charge in [-0.25, -0.2) is 4.79 Å². The first-order chi connectivity index (χ1) is 11.2. The van der Waals surface area contributed by atoms with Crippen LogP contribution in [-0.2, 0) is 4.79 Å². The maximum atomic E-state index is 12.0. The minimum absolute atomic E-state index is 0.221. The number of piperazine rings is 1. The van der Waals surface area contributed by atoms with Gasteiger partial charge < -0.3 is 15.0 Å². The number of carbonyl (C=O) groups excluding carboxylic acids is 2. The number of carbonyl (C=O) groups is 2. The SMILES string of the molecule is O=C1CCN(c2ccc3c(c2)OCC[C@@H]2CNCCN32)C(=O)N1. The largest absolute Gasteiger partial charge is 0.491 e. The number of nitrogens with one attached hydrogen (secondary N) is 2. The molecule has 1 aromatic carbocycles. The van der Waals surface area contributed by atoms with Gasteiger partial charge in [-0.05, 0) is 12.1 Å². The zero-order chi connectivity index (χ0) is 15.8. The lowest BCUT2D eigenvalue weighted by atomic mass is 10.1. The van der Waals surface area contributed by atoms with Gasteiger partial charge in [-0.2, -0.15) is 0 Å². The van der Waals surface area contributed by atoms with E-state index in [1.54, 1.807) is 4.90 Å². The van der Waals surface area contributed by atoms with Gasteiger partial charge in [-0.1, -0.05) is 0 Å². The molecule has 3 amide bonds. The maximum absolute atomic E-state index is 12.0. The molecule has 3 aliphatic rings. The highest BCUT2D eigenvalue weighted by Crippen LogP contribution is 2.37. The van der Waals surface area contributed by atoms with E-state index in [-0.39, 0.29) is 11.9 Å². The molecular formula is C16H20N4O3. The van der Waals surface area contributed by atoms with Crippen LogP contribution in [0.15, 0.2) is 18.2 Å². The summed E-state index contributed by atoms with van der Waals surface area (Å²) in [6, 6.07) is 5.96. The number of anilines is 2. The van der Waals surface area contributed by atoms with Gasteiger partial charge in [0.25, 0.3) is 0 Å². The Labute approximate surface area is 134 Å². The lowest BCUT2D eigenvalue weighted by Crippen LogP contribution is -2.51. The average Bonchev–Trinajstić information content (AvgIpc) is 2.73. The second-order valence-corrected chi connectivity index (χ2v) is 6.10. The quantitative estimate of drug-likeness (QED) is 0.797. The number of amides is 3. The number of rotatable bonds is 1. The highest BCUT2D eigenvalue weighted by Gasteiger charge is 2.29. The normalized spacial score (nSPS) is 24.3. The summed E-state index contributed by atoms with van der Waals surface area (Å²) in [5, 5.41) is 5.78. The van der Waals surface area contributed by atoms with Crippen LogP contribution in [0.4, 0.5) is 16.2 Å². The van der Waals surface area contributed by atoms with E-state index in [4.69, 9.17) is 4.74 Å². The number of hydrogen-bond donors (Lipinski definition) is 2. The van der Waals surface area contributed by atoms with Crippen LogP contribution in [0.3, 0.4) is 0 Å². The molecule has 122 valence electrons. The second kappa shape index (κ2) is 5.73. The standard InChI is InChI=1S/C16H20N4O3/c21-15-3-6-20(16(22)18-15)11-1-2-13-14(9-11)23-8-4-12-10-17-5-7-19(12)13/h1-2,9,12,17H,3-8,10H2,(H,18,21,22)/t12-/m1/s1. The summed E-state index contributed by atoms with van der Waals surface area (Å²) in [5.74, 6) is 0.595. The lowest BCUT2D eigenvalue weighted by Gasteiger charge is -2.36. The fourth-order valence-corrected chi connectivity index (χ4v) is 3.48. The summed E-state index contributed by atoms with van der Waals surface area (Å²) in [5.41, 5.74) is 1.86. The fraction of sp³-hybridized carbons (Fsp3) is 0.500. The van der Waals surface area contributed by atoms with Gasteiger partial charge in [-0.15, -0.1) is 0 Å². The number of imide groups is 1. The molecule has 3 aliphatic heterocycles. The van der Waals surface area contributed by atoms with Gasteiger partial charge in [0.2, 0.25) is 5.91 Å². The van der Waals surface area contributed by atoms with Crippen LogP contribution < -0.4 is 25.2 Å². The summed E-state index contributed by atoms with van der Waals surface area (Å²) in [6.45, 7) is 3.97. The number of nitrogens with zero attached hydrogens (tertiary/aromatic N) is 2. The first-order valence-corrected chi connectivity index (χ1v) is 8.08. The van der Waals surface area contributed by atoms with Gasteiger partial charge >= 0.3 is 6.03 Å². The topological polar surface area (TPSA) is 73.9 Å². The molecule has 2 N–H and O–H groups in total. The number of hydrogen-bond acceptors (Lipinski definition) is 5. The van der Waals surface area contributed by atoms with Crippen molar-refractivity contribution in [3.05, 3.63) is 18.2 Å². The van der Waals surface area contributed by atoms with Crippen LogP contribution in [-0.4, -0.2) is 50.8 Å². The first kappa shape index (κ1) is 14.3. The third-order valence-electron chi connectivity index (χ3n) is 4.68. The molecule has 23 heavy (non-hydrogen) atoms. The zero-order valence-electron chi connectivity index (χ0n) is 12.9. The Morgan fingerprint density at radius 3 is 3.00 bits per heavy atom. The van der Waals surface area contributed by atoms with Gasteiger partial charge in [0.15, 0.2) is 0 Å². The van der Waals surface area contributed by atoms with E-state index in [9.17, 15) is 9.59 Å². The molecule has 0 saturated carbocycles. The average molecular weight is 316 g/mol. The number of ether oxygens (including phenoxy) is 1. The third-order valence-corrected chi connectivity index (χ3v) is 4.68. The van der Waals surface area contributed by atoms with Crippen LogP contribution in [0, 0.1) is 0 Å². The monoisotopic (exact) mass is 316 g/mol. The van der Waals surface area contributed by atoms with Crippen molar-refractivity contribution in [3.8, 4) is 5.75 Å². The molecule has 2 saturated heterocycles. The van der Waals surface area contributed by atoms with E-state index in [1.807, 2.05) is 18.2 Å². The molecule has 0 aliphatic carbocycles. The predicted molar refractivity (Wildman–Crippen MR) is 86.1 cm³/mol. The van der Waals surface area contributed by atoms with E-state index in [1.165, 1.54) is 0 Å². The minimum atomic E-state index is -0.366. The van der Waals surface area contributed by atoms with Gasteiger partial charge in [0, 0.05) is 56.8 Å². The van der Waals surface area contributed by atoms with Crippen molar-refractivity contribution in [3.63, 3.8) is 0 Å². The fourth-order valence-electron chi connectivity index (χ4n) is 3.48. The summed E-state index contributed by atoms with van der Waals surface area (Å²) >= 11 is 0. The van der Waals surface area contributed by atoms with Crippen LogP contribution in [0.1, 0.15) is 12.8 Å². The molecule has 7 heteroatoms. The van der Waals surface area contributed by atoms with Crippen molar-refractivity contribution in [2.24, 2.45) is 0 Å². The first-order valence-electron chi connectivity index (χ1n) is 8.08. The molecule has 0 unspecified atom stereocenters. The van der Waals surface area contributed by atoms with Crippen molar-refractivity contribution < 1.29 is 14.3 Å². The highest BCUT2D eigenvalue weighted by molar-refractivity contribution is 6.05. The Bertz CT molecular complexity index is 648. The van der Waals surface area contributed by atoms with Crippen molar-refractivity contribution >= 4 is 23.3 Å². The molecule has 1 aromatic rings. The molecule has 0 radical (unpaired) electrons. The van der Waals surface area contributed by atoms with E-state index < -0.39 is 0 Å². The summed E-state index contributed by atoms with van der Waals surface area (Å²) < 4.78 is 5.93. The molecule has 0 spiro atoms. The number of benzene rings is 1. The summed E-state index contributed by atoms with van der Waals surface area (Å²) in [6.07, 6.45) is 1.30. The third kappa shape index (κ3) is 2.61. The Kier molecular flexibility index (Phi) is 3.57. The summed E-state index contributed by atoms with van der Waals surface area (Å²) in [7, 11) is 0. The van der Waals surface area contributed by atoms with Crippen molar-refractivity contribution in [1.29, 1.82) is 0 Å². The Balaban J connectivity index is 1.64. The van der Waals surface area contributed by atoms with E-state index >= 15 is 0 Å². The van der Waals surface area contributed by atoms with Crippen molar-refractivity contribution in [2.75, 3.05) is 42.6 Å². The van der Waals surface area contributed by atoms with Gasteiger partial charge in [-0.3, -0.25) is 15.0 Å². The van der Waals surface area contributed by atoms with E-state index in [0.29, 0.717) is 25.6 Å². The molecule has 1 atom stereocenters. The van der Waals surface area contributed by atoms with E-state index in [2.05, 4.69) is 15.5 Å².